The van der Waals surface area contributed by atoms with Crippen molar-refractivity contribution in [2.24, 2.45) is 17.6 Å². The maximum Gasteiger partial charge on any atom is 0.410 e. The second-order valence-electron chi connectivity index (χ2n) is 21.0. The van der Waals surface area contributed by atoms with Gasteiger partial charge in [0.1, 0.15) is 36.9 Å². The fraction of sp³-hybridized carbons (Fsp3) is 0.308. The van der Waals surface area contributed by atoms with E-state index in [1.54, 1.807) is 107 Å². The molecule has 6 aromatic carbocycles. The lowest BCUT2D eigenvalue weighted by atomic mass is 9.96. The number of hydrogen-bond donors (Lipinski definition) is 5. The molecule has 0 radical (unpaired) electrons. The van der Waals surface area contributed by atoms with Crippen LogP contribution in [0.3, 0.4) is 0 Å². The highest BCUT2D eigenvalue weighted by molar-refractivity contribution is 6.31. The molecule has 0 fully saturated rings. The first-order chi connectivity index (χ1) is 42.5. The minimum Gasteiger partial charge on any atom is -0.459 e. The van der Waals surface area contributed by atoms with Crippen LogP contribution in [0.5, 0.6) is 0 Å². The number of benzene rings is 6. The summed E-state index contributed by atoms with van der Waals surface area (Å²) in [7, 11) is 0. The predicted octanol–water partition coefficient (Wildman–Crippen LogP) is 11.2. The van der Waals surface area contributed by atoms with Crippen LogP contribution in [-0.2, 0) is 73.7 Å². The van der Waals surface area contributed by atoms with Crippen LogP contribution in [0.25, 0.3) is 22.3 Å². The molecule has 20 nitrogen and oxygen atoms in total. The first-order valence-electron chi connectivity index (χ1n) is 28.3. The van der Waals surface area contributed by atoms with Gasteiger partial charge < -0.3 is 50.1 Å². The van der Waals surface area contributed by atoms with Crippen LogP contribution < -0.4 is 21.7 Å². The SMILES string of the molecule is CC(OC(=O)N[C@H](C[C@@H](Cc1ccc(-c2cc(Cl)ccc2F)cc1)NC(=O)c1cn[nH]n1)C(=O)OCc1ccccc1)OC(=O)C(C)C.CC(OC(=O)N[C@H](C[C@H](N)Cc1ccc(-c2cc(Cl)ccc2F)cc1)C(=O)OCc1ccccc1)OC(=O)C(C)C. The molecule has 24 heteroatoms. The van der Waals surface area contributed by atoms with Crippen LogP contribution in [0, 0.1) is 23.5 Å². The molecule has 0 saturated heterocycles. The zero-order valence-corrected chi connectivity index (χ0v) is 51.1. The predicted molar refractivity (Wildman–Crippen MR) is 326 cm³/mol. The Hall–Kier alpha value is -9.25. The lowest BCUT2D eigenvalue weighted by molar-refractivity contribution is -0.170. The van der Waals surface area contributed by atoms with Gasteiger partial charge in [0.25, 0.3) is 5.91 Å². The van der Waals surface area contributed by atoms with Crippen molar-refractivity contribution >= 4 is 65.2 Å². The van der Waals surface area contributed by atoms with Gasteiger partial charge in [-0.25, -0.2) is 28.0 Å². The smallest absolute Gasteiger partial charge is 0.410 e. The van der Waals surface area contributed by atoms with Gasteiger partial charge >= 0.3 is 36.1 Å². The van der Waals surface area contributed by atoms with Gasteiger partial charge in [-0.2, -0.15) is 15.4 Å². The lowest BCUT2D eigenvalue weighted by Gasteiger charge is -2.25. The molecular weight excluding hydrogens is 1200 g/mol. The number of hydrogen-bond acceptors (Lipinski definition) is 16. The number of rotatable bonds is 26. The first kappa shape index (κ1) is 68.9. The molecule has 0 aliphatic rings. The van der Waals surface area contributed by atoms with E-state index in [9.17, 15) is 42.3 Å². The van der Waals surface area contributed by atoms with Crippen LogP contribution >= 0.6 is 23.2 Å². The Balaban J connectivity index is 0.000000287. The summed E-state index contributed by atoms with van der Waals surface area (Å²) in [5, 5.41) is 18.5. The minimum atomic E-state index is -1.31. The highest BCUT2D eigenvalue weighted by Crippen LogP contribution is 2.29. The zero-order valence-electron chi connectivity index (χ0n) is 49.6. The summed E-state index contributed by atoms with van der Waals surface area (Å²) >= 11 is 12.1. The second-order valence-corrected chi connectivity index (χ2v) is 21.9. The number of halogens is 4. The molecule has 470 valence electrons. The van der Waals surface area contributed by atoms with Crippen molar-refractivity contribution in [1.29, 1.82) is 0 Å². The van der Waals surface area contributed by atoms with Crippen LogP contribution in [0.2, 0.25) is 10.0 Å². The molecule has 7 aromatic rings. The molecule has 7 rings (SSSR count). The molecule has 89 heavy (non-hydrogen) atoms. The zero-order chi connectivity index (χ0) is 64.6. The summed E-state index contributed by atoms with van der Waals surface area (Å²) in [5.41, 5.74) is 11.4. The topological polar surface area (TPSA) is 279 Å². The lowest BCUT2D eigenvalue weighted by Crippen LogP contribution is -2.48. The monoisotopic (exact) mass is 1260 g/mol. The number of ether oxygens (including phenoxy) is 6. The van der Waals surface area contributed by atoms with Crippen molar-refractivity contribution < 1.29 is 70.8 Å². The van der Waals surface area contributed by atoms with Crippen molar-refractivity contribution in [2.45, 2.75) is 117 Å². The third kappa shape index (κ3) is 23.1. The molecule has 3 amide bonds. The standard InChI is InChI=1S/C34H35ClFN5O7.C31H34ClFN2O6/c1-20(2)32(43)47-21(3)48-34(45)39-29(33(44)46-19-23-7-5-4-6-8-23)17-26(38-31(42)30-18-37-41-40-30)15-22-9-11-24(12-10-22)27-16-25(35)13-14-28(27)36;1-19(2)29(36)40-20(3)41-31(38)35-28(30(37)39-18-22-7-5-4-6-8-22)17-25(34)15-21-9-11-23(12-10-21)26-16-24(32)13-14-27(26)33/h4-14,16,18,20-21,26,29H,15,17,19H2,1-3H3,(H,38,42)(H,39,45)(H,37,40,41);4-14,16,19-20,25,28H,15,17-18,34H2,1-3H3,(H,35,38)/t21?,26-,29-;20?,25-,28-/m11/s1. The maximum absolute atomic E-state index is 14.5. The number of carbonyl (C=O) groups excluding carboxylic acids is 7. The summed E-state index contributed by atoms with van der Waals surface area (Å²) in [4.78, 5) is 88.6. The number of alkyl carbamates (subject to hydrolysis) is 2. The molecule has 0 saturated carbocycles. The number of amides is 3. The summed E-state index contributed by atoms with van der Waals surface area (Å²) < 4.78 is 60.1. The van der Waals surface area contributed by atoms with Gasteiger partial charge in [-0.3, -0.25) is 14.4 Å². The van der Waals surface area contributed by atoms with E-state index in [2.05, 4.69) is 31.4 Å². The summed E-state index contributed by atoms with van der Waals surface area (Å²) in [6, 6.07) is 36.9. The van der Waals surface area contributed by atoms with E-state index in [0.717, 1.165) is 16.7 Å². The molecular formula is C65H69Cl2F2N7O13. The Kier molecular flexibility index (Phi) is 26.6. The average Bonchev–Trinajstić information content (AvgIpc) is 3.67. The first-order valence-corrected chi connectivity index (χ1v) is 29.0. The van der Waals surface area contributed by atoms with Gasteiger partial charge in [-0.1, -0.05) is 160 Å². The van der Waals surface area contributed by atoms with Crippen LogP contribution in [0.15, 0.2) is 152 Å². The van der Waals surface area contributed by atoms with E-state index in [0.29, 0.717) is 44.3 Å². The fourth-order valence-corrected chi connectivity index (χ4v) is 8.83. The number of aromatic nitrogens is 3. The van der Waals surface area contributed by atoms with Gasteiger partial charge in [0.05, 0.1) is 18.0 Å². The van der Waals surface area contributed by atoms with Crippen LogP contribution in [0.4, 0.5) is 18.4 Å². The van der Waals surface area contributed by atoms with Gasteiger partial charge in [-0.15, -0.1) is 0 Å². The van der Waals surface area contributed by atoms with Crippen molar-refractivity contribution in [1.82, 2.24) is 31.4 Å². The third-order valence-electron chi connectivity index (χ3n) is 13.1. The summed E-state index contributed by atoms with van der Waals surface area (Å²) in [6.07, 6.45) is -2.74. The van der Waals surface area contributed by atoms with E-state index in [-0.39, 0.29) is 44.0 Å². The number of esters is 4. The Morgan fingerprint density at radius 2 is 0.944 bits per heavy atom. The molecule has 2 unspecified atom stereocenters. The van der Waals surface area contributed by atoms with Gasteiger partial charge in [-0.05, 0) is 95.5 Å². The molecule has 6 N–H and O–H groups in total. The van der Waals surface area contributed by atoms with Crippen molar-refractivity contribution in [3.05, 3.63) is 201 Å². The quantitative estimate of drug-likeness (QED) is 0.0191. The molecule has 6 atom stereocenters. The van der Waals surface area contributed by atoms with E-state index in [1.807, 2.05) is 36.4 Å². The van der Waals surface area contributed by atoms with Crippen molar-refractivity contribution in [2.75, 3.05) is 0 Å². The number of H-pyrrole nitrogens is 1. The Morgan fingerprint density at radius 3 is 1.36 bits per heavy atom. The molecule has 0 spiro atoms. The normalized spacial score (nSPS) is 13.0. The Labute approximate surface area is 523 Å². The van der Waals surface area contributed by atoms with Crippen molar-refractivity contribution in [3.63, 3.8) is 0 Å². The highest BCUT2D eigenvalue weighted by atomic mass is 35.5. The third-order valence-corrected chi connectivity index (χ3v) is 13.5. The van der Waals surface area contributed by atoms with E-state index in [1.165, 1.54) is 50.4 Å². The highest BCUT2D eigenvalue weighted by Gasteiger charge is 2.31. The van der Waals surface area contributed by atoms with Crippen LogP contribution in [-0.4, -0.2) is 94.1 Å². The van der Waals surface area contributed by atoms with Gasteiger partial charge in [0.15, 0.2) is 5.69 Å². The summed E-state index contributed by atoms with van der Waals surface area (Å²) in [5.74, 6) is -4.86. The number of nitrogens with one attached hydrogen (secondary N) is 4. The Morgan fingerprint density at radius 1 is 0.517 bits per heavy atom. The van der Waals surface area contributed by atoms with E-state index >= 15 is 0 Å². The average molecular weight is 1270 g/mol. The molecule has 1 aromatic heterocycles. The fourth-order valence-electron chi connectivity index (χ4n) is 8.49. The van der Waals surface area contributed by atoms with Crippen molar-refractivity contribution in [3.8, 4) is 22.3 Å². The number of aromatic amines is 1. The minimum absolute atomic E-state index is 0.00291. The largest absolute Gasteiger partial charge is 0.459 e. The molecule has 0 aliphatic carbocycles. The van der Waals surface area contributed by atoms with E-state index in [4.69, 9.17) is 57.4 Å². The maximum atomic E-state index is 14.5. The van der Waals surface area contributed by atoms with E-state index < -0.39 is 96.4 Å². The van der Waals surface area contributed by atoms with Crippen LogP contribution in [0.1, 0.15) is 87.1 Å². The summed E-state index contributed by atoms with van der Waals surface area (Å²) in [6.45, 7) is 9.25. The second kappa shape index (κ2) is 34.3. The van der Waals surface area contributed by atoms with Gasteiger partial charge in [0.2, 0.25) is 12.6 Å². The Bertz CT molecular complexity index is 3460. The molecule has 1 heterocycles. The number of nitrogens with zero attached hydrogens (tertiary/aromatic N) is 2. The molecule has 0 aliphatic heterocycles. The number of nitrogens with two attached hydrogens (primary N) is 1. The number of carbonyl (C=O) groups is 7. The molecule has 0 bridgehead atoms. The van der Waals surface area contributed by atoms with Gasteiger partial charge in [0, 0.05) is 47.1 Å².